The average Bonchev–Trinajstić information content (AvgIpc) is 2.94. The Morgan fingerprint density at radius 3 is 0.929 bits per heavy atom. The van der Waals surface area contributed by atoms with Crippen LogP contribution >= 0.6 is 0 Å². The van der Waals surface area contributed by atoms with E-state index in [9.17, 15) is 14.4 Å². The van der Waals surface area contributed by atoms with E-state index < -0.39 is 5.41 Å². The molecule has 0 N–H and O–H groups in total. The Morgan fingerprint density at radius 1 is 0.452 bits per heavy atom. The van der Waals surface area contributed by atoms with E-state index in [0.29, 0.717) is 26.1 Å². The lowest BCUT2D eigenvalue weighted by molar-refractivity contribution is -0.162. The Hall–Kier alpha value is -1.83. The standard InChI is InChI=1S/C30H62N6O6/c1-11-30(24-40-27(37)12-15-34(8)21-18-31(2)3,25-41-28(38)13-16-35(9)22-19-32(4)5)26-42-29(39)14-17-36(10)23-20-33(6)7/h11-26H2,1-10H3. The average molecular weight is 603 g/mol. The fourth-order valence-electron chi connectivity index (χ4n) is 3.64. The third kappa shape index (κ3) is 21.8. The number of hydrogen-bond donors (Lipinski definition) is 0. The first kappa shape index (κ1) is 40.2. The number of carbonyl (C=O) groups is 3. The van der Waals surface area contributed by atoms with Gasteiger partial charge in [0, 0.05) is 58.9 Å². The van der Waals surface area contributed by atoms with Crippen LogP contribution in [0, 0.1) is 5.41 Å². The molecule has 0 aliphatic heterocycles. The number of hydrogen-bond acceptors (Lipinski definition) is 12. The van der Waals surface area contributed by atoms with Crippen molar-refractivity contribution >= 4 is 17.9 Å². The number of carbonyl (C=O) groups excluding carboxylic acids is 3. The first-order valence-electron chi connectivity index (χ1n) is 15.1. The molecule has 0 saturated heterocycles. The number of likely N-dealkylation sites (N-methyl/N-ethyl adjacent to an activating group) is 6. The molecule has 0 aromatic carbocycles. The van der Waals surface area contributed by atoms with Gasteiger partial charge in [0.2, 0.25) is 0 Å². The zero-order chi connectivity index (χ0) is 32.1. The predicted molar refractivity (Wildman–Crippen MR) is 168 cm³/mol. The van der Waals surface area contributed by atoms with Gasteiger partial charge >= 0.3 is 17.9 Å². The molecule has 248 valence electrons. The lowest BCUT2D eigenvalue weighted by atomic mass is 9.88. The Morgan fingerprint density at radius 2 is 0.714 bits per heavy atom. The molecule has 0 atom stereocenters. The van der Waals surface area contributed by atoms with Crippen LogP contribution in [0.1, 0.15) is 32.6 Å². The minimum atomic E-state index is -0.814. The normalized spacial score (nSPS) is 12.3. The van der Waals surface area contributed by atoms with Crippen molar-refractivity contribution in [3.8, 4) is 0 Å². The van der Waals surface area contributed by atoms with Crippen LogP contribution in [-0.4, -0.2) is 189 Å². The molecule has 0 aromatic rings. The van der Waals surface area contributed by atoms with Gasteiger partial charge in [-0.1, -0.05) is 6.92 Å². The van der Waals surface area contributed by atoms with Crippen LogP contribution in [0.4, 0.5) is 0 Å². The summed E-state index contributed by atoms with van der Waals surface area (Å²) in [6.45, 7) is 8.94. The van der Waals surface area contributed by atoms with Crippen LogP contribution in [0.15, 0.2) is 0 Å². The predicted octanol–water partition coefficient (Wildman–Crippen LogP) is 0.663. The van der Waals surface area contributed by atoms with Gasteiger partial charge in [0.1, 0.15) is 19.8 Å². The summed E-state index contributed by atoms with van der Waals surface area (Å²) < 4.78 is 17.0. The summed E-state index contributed by atoms with van der Waals surface area (Å²) >= 11 is 0. The topological polar surface area (TPSA) is 98.3 Å². The van der Waals surface area contributed by atoms with E-state index in [0.717, 1.165) is 39.3 Å². The molecule has 0 spiro atoms. The molecule has 12 nitrogen and oxygen atoms in total. The maximum absolute atomic E-state index is 12.6. The summed E-state index contributed by atoms with van der Waals surface area (Å²) in [5, 5.41) is 0. The van der Waals surface area contributed by atoms with Crippen molar-refractivity contribution in [3.63, 3.8) is 0 Å². The van der Waals surface area contributed by atoms with E-state index in [1.807, 2.05) is 70.4 Å². The van der Waals surface area contributed by atoms with E-state index in [1.54, 1.807) is 0 Å². The van der Waals surface area contributed by atoms with E-state index in [-0.39, 0.29) is 57.0 Å². The van der Waals surface area contributed by atoms with Gasteiger partial charge in [0.15, 0.2) is 0 Å². The van der Waals surface area contributed by atoms with Crippen molar-refractivity contribution in [1.29, 1.82) is 0 Å². The molecule has 0 radical (unpaired) electrons. The molecule has 0 unspecified atom stereocenters. The lowest BCUT2D eigenvalue weighted by Crippen LogP contribution is -2.40. The molecule has 12 heteroatoms. The number of esters is 3. The van der Waals surface area contributed by atoms with Gasteiger partial charge in [-0.2, -0.15) is 0 Å². The van der Waals surface area contributed by atoms with Crippen LogP contribution in [0.2, 0.25) is 0 Å². The summed E-state index contributed by atoms with van der Waals surface area (Å²) in [7, 11) is 18.0. The molecular formula is C30H62N6O6. The summed E-state index contributed by atoms with van der Waals surface area (Å²) in [4.78, 5) is 50.4. The van der Waals surface area contributed by atoms with Crippen molar-refractivity contribution in [2.45, 2.75) is 32.6 Å². The van der Waals surface area contributed by atoms with Crippen molar-refractivity contribution in [3.05, 3.63) is 0 Å². The molecule has 0 aromatic heterocycles. The Kier molecular flexibility index (Phi) is 21.7. The van der Waals surface area contributed by atoms with Crippen molar-refractivity contribution in [1.82, 2.24) is 29.4 Å². The maximum Gasteiger partial charge on any atom is 0.307 e. The van der Waals surface area contributed by atoms with Crippen molar-refractivity contribution in [2.24, 2.45) is 5.41 Å². The fraction of sp³-hybridized carbons (Fsp3) is 0.900. The minimum absolute atomic E-state index is 0.00970. The smallest absolute Gasteiger partial charge is 0.307 e. The zero-order valence-corrected chi connectivity index (χ0v) is 28.4. The van der Waals surface area contributed by atoms with E-state index >= 15 is 0 Å². The van der Waals surface area contributed by atoms with Crippen molar-refractivity contribution < 1.29 is 28.6 Å². The largest absolute Gasteiger partial charge is 0.465 e. The molecular weight excluding hydrogens is 540 g/mol. The van der Waals surface area contributed by atoms with Gasteiger partial charge in [-0.15, -0.1) is 0 Å². The summed E-state index contributed by atoms with van der Waals surface area (Å²) in [5.41, 5.74) is -0.814. The van der Waals surface area contributed by atoms with Crippen LogP contribution in [-0.2, 0) is 28.6 Å². The van der Waals surface area contributed by atoms with Gasteiger partial charge in [0.25, 0.3) is 0 Å². The lowest BCUT2D eigenvalue weighted by Gasteiger charge is -2.31. The molecule has 0 bridgehead atoms. The summed E-state index contributed by atoms with van der Waals surface area (Å²) in [5.74, 6) is -0.980. The SMILES string of the molecule is CCC(COC(=O)CCN(C)CCN(C)C)(COC(=O)CCN(C)CCN(C)C)COC(=O)CCN(C)CCN(C)C. The molecule has 0 amide bonds. The minimum Gasteiger partial charge on any atom is -0.465 e. The van der Waals surface area contributed by atoms with Gasteiger partial charge < -0.3 is 43.6 Å². The quantitative estimate of drug-likeness (QED) is 0.108. The first-order chi connectivity index (χ1) is 19.7. The van der Waals surface area contributed by atoms with Crippen LogP contribution < -0.4 is 0 Å². The van der Waals surface area contributed by atoms with Crippen molar-refractivity contribution in [2.75, 3.05) is 142 Å². The Labute approximate surface area is 256 Å². The van der Waals surface area contributed by atoms with Crippen LogP contribution in [0.5, 0.6) is 0 Å². The number of rotatable bonds is 25. The monoisotopic (exact) mass is 602 g/mol. The van der Waals surface area contributed by atoms with Crippen LogP contribution in [0.3, 0.4) is 0 Å². The van der Waals surface area contributed by atoms with E-state index in [4.69, 9.17) is 14.2 Å². The molecule has 0 rings (SSSR count). The fourth-order valence-corrected chi connectivity index (χ4v) is 3.64. The van der Waals surface area contributed by atoms with E-state index in [1.165, 1.54) is 0 Å². The highest BCUT2D eigenvalue weighted by molar-refractivity contribution is 5.70. The second-order valence-corrected chi connectivity index (χ2v) is 12.4. The van der Waals surface area contributed by atoms with Gasteiger partial charge in [0.05, 0.1) is 24.7 Å². The molecule has 0 fully saturated rings. The third-order valence-corrected chi connectivity index (χ3v) is 7.25. The molecule has 0 aliphatic rings. The highest BCUT2D eigenvalue weighted by Crippen LogP contribution is 2.25. The van der Waals surface area contributed by atoms with Gasteiger partial charge in [-0.25, -0.2) is 0 Å². The molecule has 0 saturated carbocycles. The highest BCUT2D eigenvalue weighted by atomic mass is 16.6. The number of nitrogens with zero attached hydrogens (tertiary/aromatic N) is 6. The summed E-state index contributed by atoms with van der Waals surface area (Å²) in [6, 6.07) is 0. The molecule has 0 heterocycles. The first-order valence-corrected chi connectivity index (χ1v) is 15.1. The maximum atomic E-state index is 12.6. The second-order valence-electron chi connectivity index (χ2n) is 12.4. The highest BCUT2D eigenvalue weighted by Gasteiger charge is 2.34. The van der Waals surface area contributed by atoms with E-state index in [2.05, 4.69) is 29.4 Å². The molecule has 42 heavy (non-hydrogen) atoms. The Balaban J connectivity index is 5.07. The summed E-state index contributed by atoms with van der Waals surface area (Å²) in [6.07, 6.45) is 1.26. The van der Waals surface area contributed by atoms with Crippen LogP contribution in [0.25, 0.3) is 0 Å². The van der Waals surface area contributed by atoms with Gasteiger partial charge in [-0.3, -0.25) is 14.4 Å². The second kappa shape index (κ2) is 22.7. The number of ether oxygens (including phenoxy) is 3. The third-order valence-electron chi connectivity index (χ3n) is 7.25. The van der Waals surface area contributed by atoms with Gasteiger partial charge in [-0.05, 0) is 69.8 Å². The Bertz CT molecular complexity index is 659. The molecule has 0 aliphatic carbocycles. The zero-order valence-electron chi connectivity index (χ0n) is 28.4.